The van der Waals surface area contributed by atoms with E-state index in [1.807, 2.05) is 0 Å². The third kappa shape index (κ3) is 5.78. The van der Waals surface area contributed by atoms with Gasteiger partial charge in [0.2, 0.25) is 10.0 Å². The van der Waals surface area contributed by atoms with E-state index in [0.29, 0.717) is 11.3 Å². The minimum Gasteiger partial charge on any atom is -0.451 e. The summed E-state index contributed by atoms with van der Waals surface area (Å²) in [5.41, 5.74) is 1.22. The fourth-order valence-corrected chi connectivity index (χ4v) is 3.34. The lowest BCUT2D eigenvalue weighted by Gasteiger charge is -2.24. The quantitative estimate of drug-likeness (QED) is 0.711. The van der Waals surface area contributed by atoms with Gasteiger partial charge in [0.05, 0.1) is 11.9 Å². The molecule has 1 atom stereocenters. The lowest BCUT2D eigenvalue weighted by atomic mass is 10.2. The zero-order valence-electron chi connectivity index (χ0n) is 15.7. The van der Waals surface area contributed by atoms with Crippen LogP contribution in [0.15, 0.2) is 48.5 Å². The Hall–Kier alpha value is -2.94. The molecule has 7 nitrogen and oxygen atoms in total. The van der Waals surface area contributed by atoms with Gasteiger partial charge in [-0.2, -0.15) is 0 Å². The molecular formula is C19H21FN2O5S. The van der Waals surface area contributed by atoms with E-state index in [4.69, 9.17) is 4.74 Å². The Morgan fingerprint density at radius 2 is 1.86 bits per heavy atom. The molecule has 0 heterocycles. The molecule has 0 saturated carbocycles. The summed E-state index contributed by atoms with van der Waals surface area (Å²) >= 11 is 0. The summed E-state index contributed by atoms with van der Waals surface area (Å²) in [6.45, 7) is 2.47. The number of carbonyl (C=O) groups excluding carboxylic acids is 2. The number of hydrogen-bond donors (Lipinski definition) is 1. The third-order valence-corrected chi connectivity index (χ3v) is 4.95. The number of sulfonamides is 1. The molecule has 0 aliphatic rings. The van der Waals surface area contributed by atoms with Crippen molar-refractivity contribution in [1.29, 1.82) is 0 Å². The molecule has 1 unspecified atom stereocenters. The van der Waals surface area contributed by atoms with Gasteiger partial charge in [-0.1, -0.05) is 24.3 Å². The van der Waals surface area contributed by atoms with Crippen molar-refractivity contribution in [1.82, 2.24) is 0 Å². The maximum atomic E-state index is 13.2. The standard InChI is InChI=1S/C19H21FN2O5S/c1-13-7-4-5-10-17(13)22(28(3,25)26)12-18(23)27-14(2)19(24)21-16-9-6-8-15(20)11-16/h4-11,14H,12H2,1-3H3,(H,21,24). The van der Waals surface area contributed by atoms with Gasteiger partial charge in [-0.3, -0.25) is 13.9 Å². The van der Waals surface area contributed by atoms with Gasteiger partial charge in [0.15, 0.2) is 6.10 Å². The molecule has 0 bridgehead atoms. The van der Waals surface area contributed by atoms with Crippen molar-refractivity contribution in [3.63, 3.8) is 0 Å². The second-order valence-corrected chi connectivity index (χ2v) is 8.09. The number of halogens is 1. The van der Waals surface area contributed by atoms with E-state index in [1.165, 1.54) is 25.1 Å². The smallest absolute Gasteiger partial charge is 0.327 e. The number of anilines is 2. The van der Waals surface area contributed by atoms with E-state index < -0.39 is 40.4 Å². The number of esters is 1. The molecule has 0 fully saturated rings. The molecule has 0 saturated heterocycles. The maximum absolute atomic E-state index is 13.2. The minimum atomic E-state index is -3.75. The number of ether oxygens (including phenoxy) is 1. The van der Waals surface area contributed by atoms with Crippen LogP contribution in [0.3, 0.4) is 0 Å². The Bertz CT molecular complexity index is 978. The van der Waals surface area contributed by atoms with Crippen molar-refractivity contribution >= 4 is 33.3 Å². The Balaban J connectivity index is 2.06. The summed E-state index contributed by atoms with van der Waals surface area (Å²) in [4.78, 5) is 24.4. The summed E-state index contributed by atoms with van der Waals surface area (Å²) in [5.74, 6) is -2.08. The van der Waals surface area contributed by atoms with E-state index >= 15 is 0 Å². The first kappa shape index (κ1) is 21.4. The van der Waals surface area contributed by atoms with Crippen LogP contribution in [-0.4, -0.2) is 39.2 Å². The van der Waals surface area contributed by atoms with Crippen molar-refractivity contribution < 1.29 is 27.1 Å². The van der Waals surface area contributed by atoms with Crippen LogP contribution >= 0.6 is 0 Å². The topological polar surface area (TPSA) is 92.8 Å². The van der Waals surface area contributed by atoms with Crippen LogP contribution in [0.2, 0.25) is 0 Å². The van der Waals surface area contributed by atoms with Crippen LogP contribution in [0.5, 0.6) is 0 Å². The lowest BCUT2D eigenvalue weighted by Crippen LogP contribution is -2.39. The number of amides is 1. The zero-order chi connectivity index (χ0) is 20.9. The fourth-order valence-electron chi connectivity index (χ4n) is 2.44. The average molecular weight is 408 g/mol. The van der Waals surface area contributed by atoms with Crippen molar-refractivity contribution in [2.45, 2.75) is 20.0 Å². The molecular weight excluding hydrogens is 387 g/mol. The molecule has 0 spiro atoms. The molecule has 2 rings (SSSR count). The summed E-state index contributed by atoms with van der Waals surface area (Å²) in [6.07, 6.45) is -0.221. The fraction of sp³-hybridized carbons (Fsp3) is 0.263. The second kappa shape index (κ2) is 8.83. The first-order chi connectivity index (χ1) is 13.1. The molecule has 2 aromatic rings. The van der Waals surface area contributed by atoms with Crippen LogP contribution in [0.1, 0.15) is 12.5 Å². The van der Waals surface area contributed by atoms with Crippen LogP contribution in [0, 0.1) is 12.7 Å². The molecule has 150 valence electrons. The first-order valence-electron chi connectivity index (χ1n) is 8.37. The Kier molecular flexibility index (Phi) is 6.74. The van der Waals surface area contributed by atoms with Gasteiger partial charge in [0.1, 0.15) is 12.4 Å². The number of para-hydroxylation sites is 1. The molecule has 1 N–H and O–H groups in total. The lowest BCUT2D eigenvalue weighted by molar-refractivity contribution is -0.151. The van der Waals surface area contributed by atoms with Gasteiger partial charge in [-0.25, -0.2) is 12.8 Å². The van der Waals surface area contributed by atoms with Crippen LogP contribution in [-0.2, 0) is 24.3 Å². The number of rotatable bonds is 7. The van der Waals surface area contributed by atoms with Gasteiger partial charge in [-0.15, -0.1) is 0 Å². The van der Waals surface area contributed by atoms with E-state index in [-0.39, 0.29) is 5.69 Å². The number of carbonyl (C=O) groups is 2. The Morgan fingerprint density at radius 1 is 1.18 bits per heavy atom. The highest BCUT2D eigenvalue weighted by Crippen LogP contribution is 2.22. The number of aryl methyl sites for hydroxylation is 1. The molecule has 0 aromatic heterocycles. The van der Waals surface area contributed by atoms with Crippen molar-refractivity contribution in [3.8, 4) is 0 Å². The largest absolute Gasteiger partial charge is 0.451 e. The molecule has 28 heavy (non-hydrogen) atoms. The summed E-state index contributed by atoms with van der Waals surface area (Å²) in [6, 6.07) is 11.9. The number of benzene rings is 2. The van der Waals surface area contributed by atoms with Crippen molar-refractivity contribution in [3.05, 3.63) is 59.9 Å². The number of nitrogens with one attached hydrogen (secondary N) is 1. The molecule has 0 aliphatic carbocycles. The number of hydrogen-bond acceptors (Lipinski definition) is 5. The van der Waals surface area contributed by atoms with Crippen LogP contribution in [0.25, 0.3) is 0 Å². The minimum absolute atomic E-state index is 0.213. The predicted molar refractivity (Wildman–Crippen MR) is 104 cm³/mol. The van der Waals surface area contributed by atoms with E-state index in [0.717, 1.165) is 16.6 Å². The maximum Gasteiger partial charge on any atom is 0.327 e. The Labute approximate surface area is 163 Å². The number of nitrogens with zero attached hydrogens (tertiary/aromatic N) is 1. The Morgan fingerprint density at radius 3 is 2.46 bits per heavy atom. The van der Waals surface area contributed by atoms with E-state index in [2.05, 4.69) is 5.32 Å². The third-order valence-electron chi connectivity index (χ3n) is 3.83. The molecule has 1 amide bonds. The first-order valence-corrected chi connectivity index (χ1v) is 10.2. The van der Waals surface area contributed by atoms with Gasteiger partial charge in [0, 0.05) is 5.69 Å². The van der Waals surface area contributed by atoms with Crippen molar-refractivity contribution in [2.24, 2.45) is 0 Å². The predicted octanol–water partition coefficient (Wildman–Crippen LogP) is 2.47. The highest BCUT2D eigenvalue weighted by atomic mass is 32.2. The van der Waals surface area contributed by atoms with Gasteiger partial charge < -0.3 is 10.1 Å². The van der Waals surface area contributed by atoms with Gasteiger partial charge in [-0.05, 0) is 43.7 Å². The summed E-state index contributed by atoms with van der Waals surface area (Å²) < 4.78 is 43.4. The van der Waals surface area contributed by atoms with E-state index in [9.17, 15) is 22.4 Å². The van der Waals surface area contributed by atoms with Gasteiger partial charge >= 0.3 is 5.97 Å². The molecule has 0 aliphatic heterocycles. The van der Waals surface area contributed by atoms with Gasteiger partial charge in [0.25, 0.3) is 5.91 Å². The SMILES string of the molecule is Cc1ccccc1N(CC(=O)OC(C)C(=O)Nc1cccc(F)c1)S(C)(=O)=O. The van der Waals surface area contributed by atoms with Crippen LogP contribution in [0.4, 0.5) is 15.8 Å². The normalized spacial score (nSPS) is 12.1. The highest BCUT2D eigenvalue weighted by Gasteiger charge is 2.25. The van der Waals surface area contributed by atoms with Crippen molar-refractivity contribution in [2.75, 3.05) is 22.4 Å². The highest BCUT2D eigenvalue weighted by molar-refractivity contribution is 7.92. The molecule has 0 radical (unpaired) electrons. The monoisotopic (exact) mass is 408 g/mol. The summed E-state index contributed by atoms with van der Waals surface area (Å²) in [7, 11) is -3.75. The zero-order valence-corrected chi connectivity index (χ0v) is 16.5. The molecule has 9 heteroatoms. The van der Waals surface area contributed by atoms with Crippen LogP contribution < -0.4 is 9.62 Å². The average Bonchev–Trinajstić information content (AvgIpc) is 2.59. The second-order valence-electron chi connectivity index (χ2n) is 6.19. The van der Waals surface area contributed by atoms with E-state index in [1.54, 1.807) is 31.2 Å². The molecule has 2 aromatic carbocycles. The summed E-state index contributed by atoms with van der Waals surface area (Å²) in [5, 5.41) is 2.42.